The van der Waals surface area contributed by atoms with Crippen LogP contribution in [0.2, 0.25) is 0 Å². The topological polar surface area (TPSA) is 21.3 Å². The van der Waals surface area contributed by atoms with E-state index in [4.69, 9.17) is 4.74 Å². The molecule has 0 aliphatic rings. The van der Waals surface area contributed by atoms with Crippen molar-refractivity contribution >= 4 is 5.69 Å². The zero-order valence-corrected chi connectivity index (χ0v) is 12.5. The van der Waals surface area contributed by atoms with Gasteiger partial charge in [-0.05, 0) is 38.8 Å². The van der Waals surface area contributed by atoms with Crippen molar-refractivity contribution in [1.29, 1.82) is 0 Å². The first-order valence-electron chi connectivity index (χ1n) is 7.00. The van der Waals surface area contributed by atoms with E-state index in [0.717, 1.165) is 5.75 Å². The third kappa shape index (κ3) is 3.94. The Labute approximate surface area is 112 Å². The Hall–Kier alpha value is -1.18. The van der Waals surface area contributed by atoms with E-state index in [9.17, 15) is 0 Å². The maximum absolute atomic E-state index is 5.46. The molecule has 0 aliphatic carbocycles. The molecule has 1 atom stereocenters. The van der Waals surface area contributed by atoms with Gasteiger partial charge in [0.25, 0.3) is 0 Å². The molecule has 1 N–H and O–H groups in total. The lowest BCUT2D eigenvalue weighted by Crippen LogP contribution is -2.16. The van der Waals surface area contributed by atoms with Gasteiger partial charge < -0.3 is 10.1 Å². The van der Waals surface area contributed by atoms with Crippen LogP contribution in [-0.2, 0) is 0 Å². The summed E-state index contributed by atoms with van der Waals surface area (Å²) in [5.74, 6) is 1.00. The van der Waals surface area contributed by atoms with Gasteiger partial charge in [-0.2, -0.15) is 0 Å². The number of methoxy groups -OCH3 is 1. The van der Waals surface area contributed by atoms with Gasteiger partial charge in [0.1, 0.15) is 5.75 Å². The molecule has 0 fully saturated rings. The molecule has 0 saturated carbocycles. The number of unbranched alkanes of at least 4 members (excludes halogenated alkanes) is 2. The number of aryl methyl sites for hydroxylation is 1. The first-order chi connectivity index (χ1) is 8.60. The van der Waals surface area contributed by atoms with Crippen molar-refractivity contribution in [2.24, 2.45) is 0 Å². The third-order valence-corrected chi connectivity index (χ3v) is 3.45. The van der Waals surface area contributed by atoms with Gasteiger partial charge in [0, 0.05) is 17.3 Å². The second kappa shape index (κ2) is 7.30. The van der Waals surface area contributed by atoms with Crippen molar-refractivity contribution in [2.75, 3.05) is 12.4 Å². The molecule has 0 aromatic heterocycles. The zero-order chi connectivity index (χ0) is 13.5. The summed E-state index contributed by atoms with van der Waals surface area (Å²) in [5.41, 5.74) is 3.60. The summed E-state index contributed by atoms with van der Waals surface area (Å²) < 4.78 is 5.46. The third-order valence-electron chi connectivity index (χ3n) is 3.45. The molecule has 2 heteroatoms. The fourth-order valence-corrected chi connectivity index (χ4v) is 2.34. The Morgan fingerprint density at radius 2 is 1.94 bits per heavy atom. The molecule has 1 unspecified atom stereocenters. The first-order valence-corrected chi connectivity index (χ1v) is 7.00. The highest BCUT2D eigenvalue weighted by molar-refractivity contribution is 5.59. The van der Waals surface area contributed by atoms with Gasteiger partial charge in [0.15, 0.2) is 0 Å². The lowest BCUT2D eigenvalue weighted by molar-refractivity contribution is 0.409. The molecule has 102 valence electrons. The molecule has 0 bridgehead atoms. The standard InChI is InChI=1S/C16H27NO/c1-6-7-8-9-13(3)17-15-11-10-12(2)16(18-5)14(15)4/h10-11,13,17H,6-9H2,1-5H3. The molecule has 1 aromatic rings. The van der Waals surface area contributed by atoms with Gasteiger partial charge >= 0.3 is 0 Å². The predicted octanol–water partition coefficient (Wildman–Crippen LogP) is 4.69. The highest BCUT2D eigenvalue weighted by atomic mass is 16.5. The summed E-state index contributed by atoms with van der Waals surface area (Å²) >= 11 is 0. The average Bonchev–Trinajstić information content (AvgIpc) is 2.34. The highest BCUT2D eigenvalue weighted by Crippen LogP contribution is 2.29. The predicted molar refractivity (Wildman–Crippen MR) is 79.7 cm³/mol. The Bertz CT molecular complexity index is 374. The summed E-state index contributed by atoms with van der Waals surface area (Å²) in [6.07, 6.45) is 5.13. The van der Waals surface area contributed by atoms with Crippen LogP contribution in [0.15, 0.2) is 12.1 Å². The zero-order valence-electron chi connectivity index (χ0n) is 12.5. The summed E-state index contributed by atoms with van der Waals surface area (Å²) in [4.78, 5) is 0. The number of benzene rings is 1. The molecule has 0 spiro atoms. The summed E-state index contributed by atoms with van der Waals surface area (Å²) in [7, 11) is 1.74. The van der Waals surface area contributed by atoms with Gasteiger partial charge in [-0.3, -0.25) is 0 Å². The van der Waals surface area contributed by atoms with E-state index in [1.54, 1.807) is 7.11 Å². The number of anilines is 1. The van der Waals surface area contributed by atoms with Gasteiger partial charge in [-0.25, -0.2) is 0 Å². The number of rotatable bonds is 7. The highest BCUT2D eigenvalue weighted by Gasteiger charge is 2.09. The van der Waals surface area contributed by atoms with E-state index in [-0.39, 0.29) is 0 Å². The Balaban J connectivity index is 2.67. The van der Waals surface area contributed by atoms with Crippen molar-refractivity contribution in [3.05, 3.63) is 23.3 Å². The number of hydrogen-bond donors (Lipinski definition) is 1. The summed E-state index contributed by atoms with van der Waals surface area (Å²) in [6.45, 7) is 8.70. The Morgan fingerprint density at radius 3 is 2.56 bits per heavy atom. The average molecular weight is 249 g/mol. The molecular weight excluding hydrogens is 222 g/mol. The van der Waals surface area contributed by atoms with E-state index in [2.05, 4.69) is 45.1 Å². The smallest absolute Gasteiger partial charge is 0.126 e. The minimum atomic E-state index is 0.516. The van der Waals surface area contributed by atoms with Crippen LogP contribution < -0.4 is 10.1 Å². The second-order valence-electron chi connectivity index (χ2n) is 5.13. The molecule has 0 saturated heterocycles. The van der Waals surface area contributed by atoms with Crippen LogP contribution in [0.3, 0.4) is 0 Å². The van der Waals surface area contributed by atoms with E-state index in [1.165, 1.54) is 42.5 Å². The SMILES string of the molecule is CCCCCC(C)Nc1ccc(C)c(OC)c1C. The lowest BCUT2D eigenvalue weighted by atomic mass is 10.1. The first kappa shape index (κ1) is 14.9. The Kier molecular flexibility index (Phi) is 6.03. The maximum atomic E-state index is 5.46. The van der Waals surface area contributed by atoms with Crippen molar-refractivity contribution in [1.82, 2.24) is 0 Å². The summed E-state index contributed by atoms with van der Waals surface area (Å²) in [6, 6.07) is 4.79. The van der Waals surface area contributed by atoms with Crippen LogP contribution in [0.1, 0.15) is 50.7 Å². The Morgan fingerprint density at radius 1 is 1.22 bits per heavy atom. The molecule has 0 aliphatic heterocycles. The molecule has 1 rings (SSSR count). The van der Waals surface area contributed by atoms with Crippen molar-refractivity contribution in [3.63, 3.8) is 0 Å². The van der Waals surface area contributed by atoms with Crippen LogP contribution in [-0.4, -0.2) is 13.2 Å². The van der Waals surface area contributed by atoms with Crippen LogP contribution in [0.25, 0.3) is 0 Å². The normalized spacial score (nSPS) is 12.3. The maximum Gasteiger partial charge on any atom is 0.126 e. The van der Waals surface area contributed by atoms with Crippen LogP contribution in [0, 0.1) is 13.8 Å². The second-order valence-corrected chi connectivity index (χ2v) is 5.13. The minimum absolute atomic E-state index is 0.516. The van der Waals surface area contributed by atoms with E-state index in [0.29, 0.717) is 6.04 Å². The summed E-state index contributed by atoms with van der Waals surface area (Å²) in [5, 5.41) is 3.59. The van der Waals surface area contributed by atoms with Crippen molar-refractivity contribution in [3.8, 4) is 5.75 Å². The molecule has 1 aromatic carbocycles. The van der Waals surface area contributed by atoms with E-state index >= 15 is 0 Å². The molecule has 0 radical (unpaired) electrons. The van der Waals surface area contributed by atoms with Gasteiger partial charge in [0.2, 0.25) is 0 Å². The monoisotopic (exact) mass is 249 g/mol. The van der Waals surface area contributed by atoms with E-state index < -0.39 is 0 Å². The van der Waals surface area contributed by atoms with E-state index in [1.807, 2.05) is 0 Å². The fraction of sp³-hybridized carbons (Fsp3) is 0.625. The van der Waals surface area contributed by atoms with Crippen molar-refractivity contribution in [2.45, 2.75) is 59.4 Å². The largest absolute Gasteiger partial charge is 0.496 e. The minimum Gasteiger partial charge on any atom is -0.496 e. The van der Waals surface area contributed by atoms with Crippen LogP contribution >= 0.6 is 0 Å². The number of hydrogen-bond acceptors (Lipinski definition) is 2. The molecule has 0 heterocycles. The molecular formula is C16H27NO. The van der Waals surface area contributed by atoms with Gasteiger partial charge in [-0.1, -0.05) is 32.3 Å². The quantitative estimate of drug-likeness (QED) is 0.708. The van der Waals surface area contributed by atoms with Gasteiger partial charge in [-0.15, -0.1) is 0 Å². The lowest BCUT2D eigenvalue weighted by Gasteiger charge is -2.19. The van der Waals surface area contributed by atoms with Crippen molar-refractivity contribution < 1.29 is 4.74 Å². The fourth-order valence-electron chi connectivity index (χ4n) is 2.34. The number of ether oxygens (including phenoxy) is 1. The molecule has 2 nitrogen and oxygen atoms in total. The molecule has 18 heavy (non-hydrogen) atoms. The van der Waals surface area contributed by atoms with Gasteiger partial charge in [0.05, 0.1) is 7.11 Å². The van der Waals surface area contributed by atoms with Crippen LogP contribution in [0.5, 0.6) is 5.75 Å². The van der Waals surface area contributed by atoms with Crippen LogP contribution in [0.4, 0.5) is 5.69 Å². The molecule has 0 amide bonds. The number of nitrogens with one attached hydrogen (secondary N) is 1.